The van der Waals surface area contributed by atoms with Gasteiger partial charge in [-0.05, 0) is 86.9 Å². The van der Waals surface area contributed by atoms with Crippen LogP contribution < -0.4 is 0 Å². The van der Waals surface area contributed by atoms with Gasteiger partial charge in [-0.15, -0.1) is 0 Å². The Labute approximate surface area is 199 Å². The lowest BCUT2D eigenvalue weighted by atomic mass is 9.94. The van der Waals surface area contributed by atoms with Gasteiger partial charge < -0.3 is 0 Å². The van der Waals surface area contributed by atoms with Gasteiger partial charge in [-0.3, -0.25) is 0 Å². The van der Waals surface area contributed by atoms with Crippen molar-refractivity contribution < 1.29 is 0 Å². The van der Waals surface area contributed by atoms with Gasteiger partial charge in [0.1, 0.15) is 0 Å². The Kier molecular flexibility index (Phi) is 5.04. The third kappa shape index (κ3) is 3.91. The Morgan fingerprint density at radius 2 is 0.882 bits per heavy atom. The van der Waals surface area contributed by atoms with E-state index in [0.29, 0.717) is 0 Å². The van der Waals surface area contributed by atoms with Crippen LogP contribution >= 0.6 is 0 Å². The number of rotatable bonds is 0. The van der Waals surface area contributed by atoms with Crippen molar-refractivity contribution >= 4 is 32.3 Å². The van der Waals surface area contributed by atoms with Crippen molar-refractivity contribution in [3.63, 3.8) is 0 Å². The van der Waals surface area contributed by atoms with Crippen molar-refractivity contribution in [2.24, 2.45) is 0 Å². The summed E-state index contributed by atoms with van der Waals surface area (Å²) in [5, 5.41) is 7.24. The zero-order valence-corrected chi connectivity index (χ0v) is 18.5. The molecule has 0 fully saturated rings. The third-order valence-electron chi connectivity index (χ3n) is 6.06. The van der Waals surface area contributed by atoms with Crippen LogP contribution in [-0.4, -0.2) is 0 Å². The molecule has 156 valence electrons. The van der Waals surface area contributed by atoms with Crippen molar-refractivity contribution in [3.8, 4) is 23.7 Å². The fourth-order valence-corrected chi connectivity index (χ4v) is 4.32. The first-order valence-corrected chi connectivity index (χ1v) is 11.4. The molecule has 0 amide bonds. The van der Waals surface area contributed by atoms with Crippen molar-refractivity contribution in [1.82, 2.24) is 0 Å². The summed E-state index contributed by atoms with van der Waals surface area (Å²) in [7, 11) is 0. The van der Waals surface area contributed by atoms with E-state index in [-0.39, 0.29) is 0 Å². The summed E-state index contributed by atoms with van der Waals surface area (Å²) in [5.41, 5.74) is 3.91. The second-order valence-electron chi connectivity index (χ2n) is 8.34. The Morgan fingerprint density at radius 1 is 0.353 bits per heavy atom. The number of benzene rings is 6. The zero-order chi connectivity index (χ0) is 22.7. The van der Waals surface area contributed by atoms with E-state index < -0.39 is 0 Å². The standard InChI is InChI=1S/C34H20/c1-3-9-25(10-4-1)15-17-27-18-19-30-23-31-21-28-13-7-8-14-29(28)22-32(31)24-34(30)33(27)20-16-26-11-5-2-6-12-26/h1-14,18-19,21-24H. The molecular weight excluding hydrogens is 408 g/mol. The van der Waals surface area contributed by atoms with Gasteiger partial charge in [0.15, 0.2) is 0 Å². The summed E-state index contributed by atoms with van der Waals surface area (Å²) >= 11 is 0. The van der Waals surface area contributed by atoms with E-state index in [2.05, 4.69) is 84.3 Å². The highest BCUT2D eigenvalue weighted by molar-refractivity contribution is 6.06. The zero-order valence-electron chi connectivity index (χ0n) is 18.5. The molecule has 0 aliphatic rings. The molecule has 0 unspecified atom stereocenters. The van der Waals surface area contributed by atoms with Crippen LogP contribution in [0.25, 0.3) is 32.3 Å². The molecule has 0 aliphatic carbocycles. The number of hydrogen-bond donors (Lipinski definition) is 0. The summed E-state index contributed by atoms with van der Waals surface area (Å²) in [5.74, 6) is 13.5. The molecule has 0 radical (unpaired) electrons. The maximum Gasteiger partial charge on any atom is 0.0484 e. The molecule has 0 nitrogen and oxygen atoms in total. The highest BCUT2D eigenvalue weighted by atomic mass is 14.1. The van der Waals surface area contributed by atoms with Crippen LogP contribution in [0, 0.1) is 23.7 Å². The Morgan fingerprint density at radius 3 is 1.53 bits per heavy atom. The molecule has 6 aromatic rings. The van der Waals surface area contributed by atoms with Crippen LogP contribution in [0.5, 0.6) is 0 Å². The molecule has 6 rings (SSSR count). The van der Waals surface area contributed by atoms with E-state index >= 15 is 0 Å². The van der Waals surface area contributed by atoms with Crippen LogP contribution in [-0.2, 0) is 0 Å². The molecule has 0 atom stereocenters. The van der Waals surface area contributed by atoms with Gasteiger partial charge in [0, 0.05) is 22.3 Å². The molecule has 0 bridgehead atoms. The molecule has 0 saturated heterocycles. The van der Waals surface area contributed by atoms with Gasteiger partial charge in [-0.2, -0.15) is 0 Å². The molecule has 0 heteroatoms. The van der Waals surface area contributed by atoms with Crippen molar-refractivity contribution in [1.29, 1.82) is 0 Å². The summed E-state index contributed by atoms with van der Waals surface area (Å²) < 4.78 is 0. The molecule has 0 N–H and O–H groups in total. The summed E-state index contributed by atoms with van der Waals surface area (Å²) in [6.45, 7) is 0. The first kappa shape index (κ1) is 19.9. The minimum atomic E-state index is 0.944. The average Bonchev–Trinajstić information content (AvgIpc) is 2.89. The predicted molar refractivity (Wildman–Crippen MR) is 144 cm³/mol. The van der Waals surface area contributed by atoms with Crippen LogP contribution in [0.1, 0.15) is 22.3 Å². The first-order valence-electron chi connectivity index (χ1n) is 11.4. The highest BCUT2D eigenvalue weighted by Gasteiger charge is 2.08. The van der Waals surface area contributed by atoms with Gasteiger partial charge in [-0.25, -0.2) is 0 Å². The molecule has 0 aromatic heterocycles. The third-order valence-corrected chi connectivity index (χ3v) is 6.06. The Bertz CT molecular complexity index is 1790. The lowest BCUT2D eigenvalue weighted by molar-refractivity contribution is 1.62. The van der Waals surface area contributed by atoms with Crippen LogP contribution in [0.3, 0.4) is 0 Å². The Balaban J connectivity index is 1.60. The minimum absolute atomic E-state index is 0.944. The topological polar surface area (TPSA) is 0 Å². The lowest BCUT2D eigenvalue weighted by Crippen LogP contribution is -1.89. The van der Waals surface area contributed by atoms with Crippen molar-refractivity contribution in [2.45, 2.75) is 0 Å². The van der Waals surface area contributed by atoms with E-state index in [1.54, 1.807) is 0 Å². The lowest BCUT2D eigenvalue weighted by Gasteiger charge is -2.08. The summed E-state index contributed by atoms with van der Waals surface area (Å²) in [4.78, 5) is 0. The second kappa shape index (κ2) is 8.63. The largest absolute Gasteiger partial charge is 0.0622 e. The molecular formula is C34H20. The van der Waals surface area contributed by atoms with Crippen LogP contribution in [0.2, 0.25) is 0 Å². The molecule has 0 spiro atoms. The second-order valence-corrected chi connectivity index (χ2v) is 8.34. The van der Waals surface area contributed by atoms with Gasteiger partial charge >= 0.3 is 0 Å². The predicted octanol–water partition coefficient (Wildman–Crippen LogP) is 7.95. The fourth-order valence-electron chi connectivity index (χ4n) is 4.32. The summed E-state index contributed by atoms with van der Waals surface area (Å²) in [6.07, 6.45) is 0. The first-order chi connectivity index (χ1) is 16.8. The Hall–Kier alpha value is -4.78. The van der Waals surface area contributed by atoms with Gasteiger partial charge in [0.25, 0.3) is 0 Å². The monoisotopic (exact) mass is 428 g/mol. The average molecular weight is 429 g/mol. The van der Waals surface area contributed by atoms with Gasteiger partial charge in [0.05, 0.1) is 0 Å². The van der Waals surface area contributed by atoms with Crippen LogP contribution in [0.15, 0.2) is 121 Å². The van der Waals surface area contributed by atoms with E-state index in [9.17, 15) is 0 Å². The fraction of sp³-hybridized carbons (Fsp3) is 0. The number of hydrogen-bond acceptors (Lipinski definition) is 0. The van der Waals surface area contributed by atoms with Crippen molar-refractivity contribution in [3.05, 3.63) is 144 Å². The van der Waals surface area contributed by atoms with E-state index in [1.807, 2.05) is 60.7 Å². The minimum Gasteiger partial charge on any atom is -0.0622 e. The van der Waals surface area contributed by atoms with E-state index in [4.69, 9.17) is 0 Å². The van der Waals surface area contributed by atoms with Crippen LogP contribution in [0.4, 0.5) is 0 Å². The molecule has 0 aliphatic heterocycles. The quantitative estimate of drug-likeness (QED) is 0.170. The maximum absolute atomic E-state index is 3.46. The highest BCUT2D eigenvalue weighted by Crippen LogP contribution is 2.30. The SMILES string of the molecule is C(#Cc1ccc2cc3cc4ccccc4cc3cc2c1C#Cc1ccccc1)c1ccccc1. The van der Waals surface area contributed by atoms with E-state index in [1.165, 1.54) is 26.9 Å². The maximum atomic E-state index is 3.46. The molecule has 0 saturated carbocycles. The number of fused-ring (bicyclic) bond motifs is 3. The molecule has 6 aromatic carbocycles. The summed E-state index contributed by atoms with van der Waals surface area (Å²) in [6, 6.07) is 42.0. The smallest absolute Gasteiger partial charge is 0.0484 e. The van der Waals surface area contributed by atoms with Gasteiger partial charge in [-0.1, -0.05) is 90.4 Å². The van der Waals surface area contributed by atoms with Crippen molar-refractivity contribution in [2.75, 3.05) is 0 Å². The van der Waals surface area contributed by atoms with Gasteiger partial charge in [0.2, 0.25) is 0 Å². The van der Waals surface area contributed by atoms with E-state index in [0.717, 1.165) is 27.6 Å². The molecule has 0 heterocycles. The normalized spacial score (nSPS) is 10.5. The molecule has 34 heavy (non-hydrogen) atoms.